The van der Waals surface area contributed by atoms with Crippen LogP contribution in [0.5, 0.6) is 0 Å². The minimum atomic E-state index is 0.643. The Balaban J connectivity index is 1.83. The predicted molar refractivity (Wildman–Crippen MR) is 82.8 cm³/mol. The van der Waals surface area contributed by atoms with Gasteiger partial charge in [-0.3, -0.25) is 4.90 Å². The van der Waals surface area contributed by atoms with Crippen molar-refractivity contribution in [2.45, 2.75) is 52.6 Å². The maximum Gasteiger partial charge on any atom is 0.0940 e. The third kappa shape index (κ3) is 4.55. The first-order chi connectivity index (χ1) is 9.04. The van der Waals surface area contributed by atoms with Crippen LogP contribution in [0.3, 0.4) is 0 Å². The Morgan fingerprint density at radius 2 is 2.32 bits per heavy atom. The standard InChI is InChI=1S/C15H27N3S/c1-11(2)7-14-9-18(13(4)8-16-14)6-5-15-17-12(3)10-19-15/h10-11,13-14,16H,5-9H2,1-4H3. The molecule has 19 heavy (non-hydrogen) atoms. The summed E-state index contributed by atoms with van der Waals surface area (Å²) in [6.45, 7) is 12.5. The molecule has 0 radical (unpaired) electrons. The molecule has 1 aliphatic rings. The first kappa shape index (κ1) is 14.9. The maximum absolute atomic E-state index is 4.56. The summed E-state index contributed by atoms with van der Waals surface area (Å²) in [5, 5.41) is 7.11. The fourth-order valence-corrected chi connectivity index (χ4v) is 3.55. The molecular weight excluding hydrogens is 254 g/mol. The van der Waals surface area contributed by atoms with E-state index in [0.717, 1.165) is 31.1 Å². The number of hydrogen-bond donors (Lipinski definition) is 1. The van der Waals surface area contributed by atoms with Crippen molar-refractivity contribution in [3.05, 3.63) is 16.1 Å². The quantitative estimate of drug-likeness (QED) is 0.899. The molecule has 1 aliphatic heterocycles. The molecule has 2 unspecified atom stereocenters. The number of nitrogens with one attached hydrogen (secondary N) is 1. The second-order valence-corrected chi connectivity index (χ2v) is 7.15. The van der Waals surface area contributed by atoms with E-state index >= 15 is 0 Å². The summed E-state index contributed by atoms with van der Waals surface area (Å²) in [6.07, 6.45) is 2.37. The fraction of sp³-hybridized carbons (Fsp3) is 0.800. The van der Waals surface area contributed by atoms with Crippen molar-refractivity contribution in [1.82, 2.24) is 15.2 Å². The topological polar surface area (TPSA) is 28.2 Å². The zero-order chi connectivity index (χ0) is 13.8. The van der Waals surface area contributed by atoms with Crippen LogP contribution in [0.15, 0.2) is 5.38 Å². The molecule has 2 rings (SSSR count). The minimum Gasteiger partial charge on any atom is -0.311 e. The Morgan fingerprint density at radius 3 is 2.95 bits per heavy atom. The highest BCUT2D eigenvalue weighted by Gasteiger charge is 2.25. The molecule has 2 atom stereocenters. The van der Waals surface area contributed by atoms with Crippen LogP contribution < -0.4 is 5.32 Å². The van der Waals surface area contributed by atoms with Gasteiger partial charge in [0.2, 0.25) is 0 Å². The molecule has 2 heterocycles. The molecular formula is C15H27N3S. The van der Waals surface area contributed by atoms with Gasteiger partial charge in [0.1, 0.15) is 0 Å². The lowest BCUT2D eigenvalue weighted by molar-refractivity contribution is 0.133. The first-order valence-corrected chi connectivity index (χ1v) is 8.31. The Morgan fingerprint density at radius 1 is 1.53 bits per heavy atom. The minimum absolute atomic E-state index is 0.643. The number of rotatable bonds is 5. The number of piperazine rings is 1. The Bertz CT molecular complexity index is 388. The van der Waals surface area contributed by atoms with Crippen molar-refractivity contribution < 1.29 is 0 Å². The summed E-state index contributed by atoms with van der Waals surface area (Å²) >= 11 is 1.80. The van der Waals surface area contributed by atoms with Gasteiger partial charge in [-0.2, -0.15) is 0 Å². The SMILES string of the molecule is Cc1csc(CCN2CC(CC(C)C)NCC2C)n1. The molecule has 1 aromatic heterocycles. The lowest BCUT2D eigenvalue weighted by Crippen LogP contribution is -2.56. The number of hydrogen-bond acceptors (Lipinski definition) is 4. The monoisotopic (exact) mass is 281 g/mol. The molecule has 4 heteroatoms. The Labute approximate surface area is 121 Å². The summed E-state index contributed by atoms with van der Waals surface area (Å²) in [4.78, 5) is 7.19. The van der Waals surface area contributed by atoms with Gasteiger partial charge in [0, 0.05) is 49.2 Å². The molecule has 0 amide bonds. The van der Waals surface area contributed by atoms with Gasteiger partial charge in [-0.05, 0) is 26.2 Å². The molecule has 0 bridgehead atoms. The van der Waals surface area contributed by atoms with Crippen molar-refractivity contribution in [2.75, 3.05) is 19.6 Å². The van der Waals surface area contributed by atoms with Crippen LogP contribution in [0, 0.1) is 12.8 Å². The number of aromatic nitrogens is 1. The van der Waals surface area contributed by atoms with Crippen LogP contribution >= 0.6 is 11.3 Å². The molecule has 3 nitrogen and oxygen atoms in total. The van der Waals surface area contributed by atoms with Gasteiger partial charge in [-0.15, -0.1) is 11.3 Å². The third-order valence-electron chi connectivity index (χ3n) is 3.82. The predicted octanol–water partition coefficient (Wildman–Crippen LogP) is 2.70. The Kier molecular flexibility index (Phi) is 5.37. The van der Waals surface area contributed by atoms with Crippen molar-refractivity contribution in [3.8, 4) is 0 Å². The van der Waals surface area contributed by atoms with E-state index in [2.05, 4.69) is 48.3 Å². The van der Waals surface area contributed by atoms with Crippen LogP contribution in [0.25, 0.3) is 0 Å². The van der Waals surface area contributed by atoms with Crippen molar-refractivity contribution in [1.29, 1.82) is 0 Å². The Hall–Kier alpha value is -0.450. The summed E-state index contributed by atoms with van der Waals surface area (Å²) in [7, 11) is 0. The van der Waals surface area contributed by atoms with Gasteiger partial charge in [0.25, 0.3) is 0 Å². The average molecular weight is 281 g/mol. The highest BCUT2D eigenvalue weighted by Crippen LogP contribution is 2.15. The van der Waals surface area contributed by atoms with E-state index in [9.17, 15) is 0 Å². The van der Waals surface area contributed by atoms with Crippen molar-refractivity contribution in [2.24, 2.45) is 5.92 Å². The molecule has 1 aromatic rings. The highest BCUT2D eigenvalue weighted by molar-refractivity contribution is 7.09. The van der Waals surface area contributed by atoms with E-state index in [-0.39, 0.29) is 0 Å². The van der Waals surface area contributed by atoms with E-state index in [0.29, 0.717) is 12.1 Å². The molecule has 108 valence electrons. The van der Waals surface area contributed by atoms with Crippen molar-refractivity contribution >= 4 is 11.3 Å². The number of thiazole rings is 1. The zero-order valence-corrected chi connectivity index (χ0v) is 13.5. The normalized spacial score (nSPS) is 25.1. The van der Waals surface area contributed by atoms with Gasteiger partial charge in [-0.25, -0.2) is 4.98 Å². The highest BCUT2D eigenvalue weighted by atomic mass is 32.1. The second-order valence-electron chi connectivity index (χ2n) is 6.21. The van der Waals surface area contributed by atoms with E-state index in [1.54, 1.807) is 11.3 Å². The smallest absolute Gasteiger partial charge is 0.0940 e. The molecule has 1 N–H and O–H groups in total. The largest absolute Gasteiger partial charge is 0.311 e. The lowest BCUT2D eigenvalue weighted by atomic mass is 10.00. The van der Waals surface area contributed by atoms with Crippen LogP contribution in [0.1, 0.15) is 37.9 Å². The molecule has 0 saturated carbocycles. The molecule has 1 saturated heterocycles. The van der Waals surface area contributed by atoms with Crippen LogP contribution in [-0.4, -0.2) is 41.6 Å². The first-order valence-electron chi connectivity index (χ1n) is 7.43. The van der Waals surface area contributed by atoms with Crippen LogP contribution in [-0.2, 0) is 6.42 Å². The van der Waals surface area contributed by atoms with E-state index < -0.39 is 0 Å². The van der Waals surface area contributed by atoms with Crippen LogP contribution in [0.4, 0.5) is 0 Å². The van der Waals surface area contributed by atoms with E-state index in [1.807, 2.05) is 0 Å². The van der Waals surface area contributed by atoms with E-state index in [4.69, 9.17) is 0 Å². The summed E-state index contributed by atoms with van der Waals surface area (Å²) in [5.41, 5.74) is 1.16. The summed E-state index contributed by atoms with van der Waals surface area (Å²) in [6, 6.07) is 1.30. The second kappa shape index (κ2) is 6.82. The van der Waals surface area contributed by atoms with Gasteiger partial charge < -0.3 is 5.32 Å². The fourth-order valence-electron chi connectivity index (χ4n) is 2.79. The molecule has 0 spiro atoms. The molecule has 1 fully saturated rings. The van der Waals surface area contributed by atoms with Crippen LogP contribution in [0.2, 0.25) is 0 Å². The molecule has 0 aliphatic carbocycles. The van der Waals surface area contributed by atoms with Gasteiger partial charge >= 0.3 is 0 Å². The number of nitrogens with zero attached hydrogens (tertiary/aromatic N) is 2. The van der Waals surface area contributed by atoms with Gasteiger partial charge in [0.15, 0.2) is 0 Å². The van der Waals surface area contributed by atoms with E-state index in [1.165, 1.54) is 18.0 Å². The lowest BCUT2D eigenvalue weighted by Gasteiger charge is -2.39. The summed E-state index contributed by atoms with van der Waals surface area (Å²) < 4.78 is 0. The number of aryl methyl sites for hydroxylation is 1. The average Bonchev–Trinajstić information content (AvgIpc) is 2.75. The maximum atomic E-state index is 4.56. The van der Waals surface area contributed by atoms with Gasteiger partial charge in [0.05, 0.1) is 5.01 Å². The zero-order valence-electron chi connectivity index (χ0n) is 12.6. The van der Waals surface area contributed by atoms with Crippen molar-refractivity contribution in [3.63, 3.8) is 0 Å². The third-order valence-corrected chi connectivity index (χ3v) is 4.84. The van der Waals surface area contributed by atoms with Gasteiger partial charge in [-0.1, -0.05) is 13.8 Å². The summed E-state index contributed by atoms with van der Waals surface area (Å²) in [5.74, 6) is 0.773. The molecule has 0 aromatic carbocycles.